The van der Waals surface area contributed by atoms with E-state index in [4.69, 9.17) is 0 Å². The van der Waals surface area contributed by atoms with Gasteiger partial charge in [0.05, 0.1) is 17.1 Å². The van der Waals surface area contributed by atoms with Crippen molar-refractivity contribution in [1.82, 2.24) is 29.5 Å². The zero-order chi connectivity index (χ0) is 22.9. The Morgan fingerprint density at radius 2 is 1.88 bits per heavy atom. The summed E-state index contributed by atoms with van der Waals surface area (Å²) in [5.74, 6) is 1.46. The lowest BCUT2D eigenvalue weighted by Gasteiger charge is -2.12. The highest BCUT2D eigenvalue weighted by atomic mass is 32.2. The summed E-state index contributed by atoms with van der Waals surface area (Å²) in [5, 5.41) is 17.9. The standard InChI is InChI=1S/C24H23N7OS/c1-15-8-4-7-11-20(15)31-23(18-13-25-19-10-6-5-9-17(18)19)27-28-24(31)33-14-22(32)26-21-12-16(2)29-30(21)3/h4-13,25H,14H2,1-3H3,(H,26,32). The first-order chi connectivity index (χ1) is 16.0. The first kappa shape index (κ1) is 21.0. The maximum absolute atomic E-state index is 12.6. The van der Waals surface area contributed by atoms with Crippen LogP contribution in [0, 0.1) is 13.8 Å². The summed E-state index contributed by atoms with van der Waals surface area (Å²) in [6.07, 6.45) is 1.95. The monoisotopic (exact) mass is 457 g/mol. The van der Waals surface area contributed by atoms with Crippen LogP contribution in [0.5, 0.6) is 0 Å². The van der Waals surface area contributed by atoms with E-state index in [-0.39, 0.29) is 11.7 Å². The van der Waals surface area contributed by atoms with Gasteiger partial charge >= 0.3 is 0 Å². The van der Waals surface area contributed by atoms with E-state index >= 15 is 0 Å². The van der Waals surface area contributed by atoms with Crippen LogP contribution in [0.2, 0.25) is 0 Å². The molecule has 0 atom stereocenters. The fraction of sp³-hybridized carbons (Fsp3) is 0.167. The number of thioether (sulfide) groups is 1. The minimum Gasteiger partial charge on any atom is -0.360 e. The number of hydrogen-bond donors (Lipinski definition) is 2. The smallest absolute Gasteiger partial charge is 0.235 e. The van der Waals surface area contributed by atoms with Crippen LogP contribution in [-0.2, 0) is 11.8 Å². The van der Waals surface area contributed by atoms with E-state index < -0.39 is 0 Å². The first-order valence-electron chi connectivity index (χ1n) is 10.5. The van der Waals surface area contributed by atoms with Gasteiger partial charge in [0.1, 0.15) is 5.82 Å². The van der Waals surface area contributed by atoms with E-state index in [1.807, 2.05) is 60.2 Å². The predicted molar refractivity (Wildman–Crippen MR) is 131 cm³/mol. The van der Waals surface area contributed by atoms with Crippen LogP contribution >= 0.6 is 11.8 Å². The van der Waals surface area contributed by atoms with Gasteiger partial charge in [-0.25, -0.2) is 0 Å². The molecule has 0 aliphatic carbocycles. The van der Waals surface area contributed by atoms with E-state index in [1.54, 1.807) is 11.7 Å². The Morgan fingerprint density at radius 1 is 1.09 bits per heavy atom. The number of H-pyrrole nitrogens is 1. The molecule has 8 nitrogen and oxygen atoms in total. The first-order valence-corrected chi connectivity index (χ1v) is 11.5. The molecule has 0 aliphatic heterocycles. The van der Waals surface area contributed by atoms with Crippen molar-refractivity contribution in [2.75, 3.05) is 11.1 Å². The van der Waals surface area contributed by atoms with Crippen molar-refractivity contribution in [3.05, 3.63) is 72.1 Å². The SMILES string of the molecule is Cc1cc(NC(=O)CSc2nnc(-c3c[nH]c4ccccc34)n2-c2ccccc2C)n(C)n1. The lowest BCUT2D eigenvalue weighted by molar-refractivity contribution is -0.113. The molecule has 0 saturated heterocycles. The van der Waals surface area contributed by atoms with Gasteiger partial charge in [-0.1, -0.05) is 48.2 Å². The summed E-state index contributed by atoms with van der Waals surface area (Å²) in [7, 11) is 1.80. The number of rotatable bonds is 6. The van der Waals surface area contributed by atoms with Gasteiger partial charge in [-0.2, -0.15) is 5.10 Å². The summed E-state index contributed by atoms with van der Waals surface area (Å²) < 4.78 is 3.68. The summed E-state index contributed by atoms with van der Waals surface area (Å²) in [6, 6.07) is 18.0. The van der Waals surface area contributed by atoms with Crippen molar-refractivity contribution in [2.24, 2.45) is 7.05 Å². The lowest BCUT2D eigenvalue weighted by atomic mass is 10.1. The molecule has 2 N–H and O–H groups in total. The van der Waals surface area contributed by atoms with Crippen LogP contribution in [0.1, 0.15) is 11.3 Å². The second-order valence-electron chi connectivity index (χ2n) is 7.81. The average molecular weight is 458 g/mol. The van der Waals surface area contributed by atoms with E-state index in [1.165, 1.54) is 11.8 Å². The zero-order valence-corrected chi connectivity index (χ0v) is 19.3. The molecule has 3 heterocycles. The second-order valence-corrected chi connectivity index (χ2v) is 8.75. The lowest BCUT2D eigenvalue weighted by Crippen LogP contribution is -2.16. The maximum Gasteiger partial charge on any atom is 0.235 e. The normalized spacial score (nSPS) is 11.2. The molecule has 0 unspecified atom stereocenters. The number of para-hydroxylation sites is 2. The van der Waals surface area contributed by atoms with Gasteiger partial charge in [-0.15, -0.1) is 10.2 Å². The van der Waals surface area contributed by atoms with E-state index in [0.29, 0.717) is 11.0 Å². The Labute approximate surface area is 195 Å². The topological polar surface area (TPSA) is 93.4 Å². The van der Waals surface area contributed by atoms with Gasteiger partial charge in [0, 0.05) is 35.8 Å². The molecule has 5 rings (SSSR count). The van der Waals surface area contributed by atoms with Gasteiger partial charge in [0.15, 0.2) is 11.0 Å². The molecule has 0 bridgehead atoms. The molecule has 33 heavy (non-hydrogen) atoms. The molecule has 0 saturated carbocycles. The van der Waals surface area contributed by atoms with Gasteiger partial charge in [-0.05, 0) is 31.5 Å². The number of carbonyl (C=O) groups is 1. The maximum atomic E-state index is 12.6. The van der Waals surface area contributed by atoms with Crippen LogP contribution in [0.4, 0.5) is 5.82 Å². The zero-order valence-electron chi connectivity index (χ0n) is 18.5. The van der Waals surface area contributed by atoms with E-state index in [0.717, 1.165) is 39.2 Å². The van der Waals surface area contributed by atoms with Crippen LogP contribution < -0.4 is 5.32 Å². The third-order valence-electron chi connectivity index (χ3n) is 5.42. The Balaban J connectivity index is 1.49. The molecular weight excluding hydrogens is 434 g/mol. The third-order valence-corrected chi connectivity index (χ3v) is 6.35. The fourth-order valence-electron chi connectivity index (χ4n) is 3.86. The number of aromatic amines is 1. The van der Waals surface area contributed by atoms with Crippen molar-refractivity contribution >= 4 is 34.4 Å². The number of anilines is 1. The number of aromatic nitrogens is 6. The van der Waals surface area contributed by atoms with Crippen LogP contribution in [0.15, 0.2) is 66.0 Å². The number of nitrogens with one attached hydrogen (secondary N) is 2. The average Bonchev–Trinajstić information content (AvgIpc) is 3.49. The molecule has 0 radical (unpaired) electrons. The summed E-state index contributed by atoms with van der Waals surface area (Å²) in [6.45, 7) is 3.95. The largest absolute Gasteiger partial charge is 0.360 e. The molecule has 166 valence electrons. The molecular formula is C24H23N7OS. The Morgan fingerprint density at radius 3 is 2.67 bits per heavy atom. The second kappa shape index (κ2) is 8.59. The molecule has 2 aromatic carbocycles. The van der Waals surface area contributed by atoms with Crippen LogP contribution in [-0.4, -0.2) is 41.2 Å². The molecule has 5 aromatic rings. The van der Waals surface area contributed by atoms with Gasteiger partial charge in [-0.3, -0.25) is 14.0 Å². The minimum atomic E-state index is -0.129. The summed E-state index contributed by atoms with van der Waals surface area (Å²) in [4.78, 5) is 16.0. The Kier molecular flexibility index (Phi) is 5.47. The van der Waals surface area contributed by atoms with Crippen molar-refractivity contribution in [2.45, 2.75) is 19.0 Å². The van der Waals surface area contributed by atoms with Crippen molar-refractivity contribution in [1.29, 1.82) is 0 Å². The quantitative estimate of drug-likeness (QED) is 0.366. The third kappa shape index (κ3) is 4.03. The highest BCUT2D eigenvalue weighted by molar-refractivity contribution is 7.99. The van der Waals surface area contributed by atoms with E-state index in [2.05, 4.69) is 44.7 Å². The molecule has 9 heteroatoms. The van der Waals surface area contributed by atoms with Gasteiger partial charge < -0.3 is 10.3 Å². The van der Waals surface area contributed by atoms with Crippen molar-refractivity contribution in [3.8, 4) is 17.1 Å². The van der Waals surface area contributed by atoms with E-state index in [9.17, 15) is 4.79 Å². The fourth-order valence-corrected chi connectivity index (χ4v) is 4.61. The Hall–Kier alpha value is -3.85. The van der Waals surface area contributed by atoms with Crippen LogP contribution in [0.3, 0.4) is 0 Å². The van der Waals surface area contributed by atoms with Crippen molar-refractivity contribution in [3.63, 3.8) is 0 Å². The number of amides is 1. The highest BCUT2D eigenvalue weighted by Crippen LogP contribution is 2.33. The molecule has 0 spiro atoms. The summed E-state index contributed by atoms with van der Waals surface area (Å²) in [5.41, 5.74) is 4.92. The van der Waals surface area contributed by atoms with Crippen molar-refractivity contribution < 1.29 is 4.79 Å². The molecule has 0 fully saturated rings. The molecule has 3 aromatic heterocycles. The van der Waals surface area contributed by atoms with Gasteiger partial charge in [0.2, 0.25) is 5.91 Å². The van der Waals surface area contributed by atoms with Gasteiger partial charge in [0.25, 0.3) is 0 Å². The molecule has 0 aliphatic rings. The number of carbonyl (C=O) groups excluding carboxylic acids is 1. The molecule has 1 amide bonds. The highest BCUT2D eigenvalue weighted by Gasteiger charge is 2.20. The number of aryl methyl sites for hydroxylation is 3. The van der Waals surface area contributed by atoms with Crippen LogP contribution in [0.25, 0.3) is 28.0 Å². The number of benzene rings is 2. The number of nitrogens with zero attached hydrogens (tertiary/aromatic N) is 5. The number of hydrogen-bond acceptors (Lipinski definition) is 5. The minimum absolute atomic E-state index is 0.129. The summed E-state index contributed by atoms with van der Waals surface area (Å²) >= 11 is 1.35. The predicted octanol–water partition coefficient (Wildman–Crippen LogP) is 4.50. The number of fused-ring (bicyclic) bond motifs is 1. The Bertz CT molecular complexity index is 1460.